The van der Waals surface area contributed by atoms with Crippen LogP contribution in [0.15, 0.2) is 24.4 Å². The van der Waals surface area contributed by atoms with E-state index >= 15 is 0 Å². The molecule has 4 rings (SSSR count). The molecule has 0 N–H and O–H groups in total. The van der Waals surface area contributed by atoms with Crippen LogP contribution in [0.1, 0.15) is 43.7 Å². The molecule has 1 aromatic heterocycles. The smallest absolute Gasteiger partial charge is 0.179 e. The molecule has 0 unspecified atom stereocenters. The van der Waals surface area contributed by atoms with Gasteiger partial charge in [-0.05, 0) is 42.4 Å². The van der Waals surface area contributed by atoms with Gasteiger partial charge in [-0.1, -0.05) is 26.0 Å². The first-order valence-electron chi connectivity index (χ1n) is 8.50. The molecule has 2 heterocycles. The van der Waals surface area contributed by atoms with Crippen LogP contribution in [-0.2, 0) is 13.0 Å². The minimum Gasteiger partial charge on any atom is -0.347 e. The topological polar surface area (TPSA) is 32.0 Å². The first-order chi connectivity index (χ1) is 10.7. The zero-order valence-electron chi connectivity index (χ0n) is 13.4. The van der Waals surface area contributed by atoms with Crippen molar-refractivity contribution in [3.8, 4) is 6.19 Å². The summed E-state index contributed by atoms with van der Waals surface area (Å²) in [6.45, 7) is 6.50. The largest absolute Gasteiger partial charge is 0.347 e. The van der Waals surface area contributed by atoms with Crippen LogP contribution in [0.25, 0.3) is 10.9 Å². The molecule has 2 aromatic rings. The summed E-state index contributed by atoms with van der Waals surface area (Å²) >= 11 is 0. The Morgan fingerprint density at radius 2 is 2.23 bits per heavy atom. The SMILES string of the molecule is CCCn1cc2c3c(cccc31)[C@H]1C[C@@H](C)CN(C#N)[C@@H]1C2. The molecule has 3 nitrogen and oxygen atoms in total. The standard InChI is InChI=1S/C19H23N3/c1-3-7-21-11-14-9-18-16(8-13(2)10-22(18)12-20)15-5-4-6-17(21)19(14)15/h4-6,11,13,16,18H,3,7-10H2,1-2H3/t13-,16-,18-/m1/s1. The molecule has 3 heteroatoms. The number of benzene rings is 1. The Balaban J connectivity index is 1.88. The number of hydrogen-bond donors (Lipinski definition) is 0. The van der Waals surface area contributed by atoms with E-state index in [2.05, 4.69) is 49.0 Å². The lowest BCUT2D eigenvalue weighted by Gasteiger charge is -2.43. The van der Waals surface area contributed by atoms with Gasteiger partial charge in [0, 0.05) is 36.1 Å². The minimum atomic E-state index is 0.358. The van der Waals surface area contributed by atoms with Crippen LogP contribution in [0.2, 0.25) is 0 Å². The monoisotopic (exact) mass is 293 g/mol. The van der Waals surface area contributed by atoms with Gasteiger partial charge in [0.15, 0.2) is 6.19 Å². The van der Waals surface area contributed by atoms with E-state index in [1.165, 1.54) is 28.5 Å². The fourth-order valence-electron chi connectivity index (χ4n) is 4.64. The highest BCUT2D eigenvalue weighted by atomic mass is 15.2. The summed E-state index contributed by atoms with van der Waals surface area (Å²) < 4.78 is 2.41. The number of rotatable bonds is 2. The average Bonchev–Trinajstić information content (AvgIpc) is 2.87. The molecular weight excluding hydrogens is 270 g/mol. The summed E-state index contributed by atoms with van der Waals surface area (Å²) in [5.41, 5.74) is 4.30. The van der Waals surface area contributed by atoms with E-state index in [-0.39, 0.29) is 0 Å². The molecule has 22 heavy (non-hydrogen) atoms. The summed E-state index contributed by atoms with van der Waals surface area (Å²) in [7, 11) is 0. The quantitative estimate of drug-likeness (QED) is 0.787. The normalized spacial score (nSPS) is 26.8. The number of hydrogen-bond acceptors (Lipinski definition) is 2. The molecule has 1 aliphatic heterocycles. The Hall–Kier alpha value is -1.95. The van der Waals surface area contributed by atoms with Gasteiger partial charge in [0.2, 0.25) is 0 Å². The molecule has 0 spiro atoms. The molecule has 1 saturated heterocycles. The van der Waals surface area contributed by atoms with Crippen LogP contribution in [0.5, 0.6) is 0 Å². The second-order valence-corrected chi connectivity index (χ2v) is 7.06. The van der Waals surface area contributed by atoms with Crippen molar-refractivity contribution in [2.24, 2.45) is 5.92 Å². The average molecular weight is 293 g/mol. The maximum atomic E-state index is 9.55. The van der Waals surface area contributed by atoms with Crippen LogP contribution >= 0.6 is 0 Å². The Bertz CT molecular complexity index is 752. The second-order valence-electron chi connectivity index (χ2n) is 7.06. The molecule has 1 fully saturated rings. The summed E-state index contributed by atoms with van der Waals surface area (Å²) in [6, 6.07) is 7.11. The number of piperidine rings is 1. The Kier molecular flexibility index (Phi) is 3.14. The highest BCUT2D eigenvalue weighted by Gasteiger charge is 2.39. The Morgan fingerprint density at radius 3 is 3.00 bits per heavy atom. The van der Waals surface area contributed by atoms with E-state index in [9.17, 15) is 5.26 Å². The van der Waals surface area contributed by atoms with Gasteiger partial charge >= 0.3 is 0 Å². The Morgan fingerprint density at radius 1 is 1.36 bits per heavy atom. The van der Waals surface area contributed by atoms with Gasteiger partial charge in [-0.3, -0.25) is 0 Å². The van der Waals surface area contributed by atoms with Gasteiger partial charge in [-0.25, -0.2) is 0 Å². The summed E-state index contributed by atoms with van der Waals surface area (Å²) in [6.07, 6.45) is 8.18. The van der Waals surface area contributed by atoms with Crippen molar-refractivity contribution in [3.63, 3.8) is 0 Å². The maximum Gasteiger partial charge on any atom is 0.179 e. The van der Waals surface area contributed by atoms with E-state index in [1.54, 1.807) is 0 Å². The Labute approximate surface area is 132 Å². The third-order valence-corrected chi connectivity index (χ3v) is 5.47. The van der Waals surface area contributed by atoms with Crippen molar-refractivity contribution in [2.75, 3.05) is 6.54 Å². The highest BCUT2D eigenvalue weighted by Crippen LogP contribution is 2.45. The molecule has 1 aliphatic carbocycles. The second kappa shape index (κ2) is 5.05. The lowest BCUT2D eigenvalue weighted by molar-refractivity contribution is 0.149. The molecule has 0 radical (unpaired) electrons. The summed E-state index contributed by atoms with van der Waals surface area (Å²) in [4.78, 5) is 2.04. The predicted molar refractivity (Wildman–Crippen MR) is 88.6 cm³/mol. The number of nitriles is 1. The van der Waals surface area contributed by atoms with Crippen LogP contribution in [-0.4, -0.2) is 22.1 Å². The van der Waals surface area contributed by atoms with E-state index in [0.29, 0.717) is 17.9 Å². The van der Waals surface area contributed by atoms with Gasteiger partial charge in [-0.2, -0.15) is 5.26 Å². The summed E-state index contributed by atoms with van der Waals surface area (Å²) in [5.74, 6) is 1.10. The molecule has 3 atom stereocenters. The van der Waals surface area contributed by atoms with E-state index in [4.69, 9.17) is 0 Å². The van der Waals surface area contributed by atoms with Crippen molar-refractivity contribution in [1.82, 2.24) is 9.47 Å². The molecular formula is C19H23N3. The van der Waals surface area contributed by atoms with Crippen LogP contribution in [0.3, 0.4) is 0 Å². The van der Waals surface area contributed by atoms with Crippen molar-refractivity contribution < 1.29 is 0 Å². The summed E-state index contributed by atoms with van der Waals surface area (Å²) in [5, 5.41) is 11.0. The minimum absolute atomic E-state index is 0.358. The van der Waals surface area contributed by atoms with Gasteiger partial charge in [-0.15, -0.1) is 0 Å². The molecule has 1 aromatic carbocycles. The number of aromatic nitrogens is 1. The third kappa shape index (κ3) is 1.86. The van der Waals surface area contributed by atoms with Crippen LogP contribution in [0.4, 0.5) is 0 Å². The lowest BCUT2D eigenvalue weighted by Crippen LogP contribution is -2.46. The zero-order valence-corrected chi connectivity index (χ0v) is 13.4. The molecule has 114 valence electrons. The lowest BCUT2D eigenvalue weighted by atomic mass is 9.73. The first-order valence-corrected chi connectivity index (χ1v) is 8.50. The van der Waals surface area contributed by atoms with Gasteiger partial charge < -0.3 is 9.47 Å². The predicted octanol–water partition coefficient (Wildman–Crippen LogP) is 3.88. The first kappa shape index (κ1) is 13.7. The maximum absolute atomic E-state index is 9.55. The van der Waals surface area contributed by atoms with Crippen molar-refractivity contribution >= 4 is 10.9 Å². The van der Waals surface area contributed by atoms with Crippen molar-refractivity contribution in [1.29, 1.82) is 5.26 Å². The molecule has 0 saturated carbocycles. The van der Waals surface area contributed by atoms with Gasteiger partial charge in [0.05, 0.1) is 6.04 Å². The number of aryl methyl sites for hydroxylation is 1. The van der Waals surface area contributed by atoms with Crippen LogP contribution < -0.4 is 0 Å². The number of nitrogens with zero attached hydrogens (tertiary/aromatic N) is 3. The van der Waals surface area contributed by atoms with Crippen LogP contribution in [0, 0.1) is 17.4 Å². The third-order valence-electron chi connectivity index (χ3n) is 5.47. The number of likely N-dealkylation sites (tertiary alicyclic amines) is 1. The molecule has 0 amide bonds. The van der Waals surface area contributed by atoms with E-state index in [0.717, 1.165) is 25.9 Å². The van der Waals surface area contributed by atoms with Crippen molar-refractivity contribution in [3.05, 3.63) is 35.5 Å². The van der Waals surface area contributed by atoms with E-state index in [1.807, 2.05) is 4.90 Å². The van der Waals surface area contributed by atoms with Gasteiger partial charge in [0.1, 0.15) is 0 Å². The van der Waals surface area contributed by atoms with Crippen molar-refractivity contribution in [2.45, 2.75) is 51.6 Å². The fourth-order valence-corrected chi connectivity index (χ4v) is 4.64. The number of fused-ring (bicyclic) bond motifs is 2. The molecule has 0 bridgehead atoms. The highest BCUT2D eigenvalue weighted by molar-refractivity contribution is 5.89. The fraction of sp³-hybridized carbons (Fsp3) is 0.526. The zero-order chi connectivity index (χ0) is 15.3. The molecule has 2 aliphatic rings. The van der Waals surface area contributed by atoms with Gasteiger partial charge in [0.25, 0.3) is 0 Å². The van der Waals surface area contributed by atoms with E-state index < -0.39 is 0 Å².